The van der Waals surface area contributed by atoms with Crippen LogP contribution < -0.4 is 0 Å². The maximum Gasteiger partial charge on any atom is 0.179 e. The van der Waals surface area contributed by atoms with Gasteiger partial charge in [-0.15, -0.1) is 0 Å². The first-order chi connectivity index (χ1) is 9.22. The summed E-state index contributed by atoms with van der Waals surface area (Å²) in [7, 11) is 3.56. The van der Waals surface area contributed by atoms with Crippen molar-refractivity contribution in [1.82, 2.24) is 0 Å². The average Bonchev–Trinajstić information content (AvgIpc) is 2.97. The molecule has 0 aromatic rings. The maximum absolute atomic E-state index is 6.41. The summed E-state index contributed by atoms with van der Waals surface area (Å²) in [6.45, 7) is 2.74. The van der Waals surface area contributed by atoms with Gasteiger partial charge in [-0.3, -0.25) is 0 Å². The van der Waals surface area contributed by atoms with Crippen LogP contribution in [0.5, 0.6) is 0 Å². The van der Waals surface area contributed by atoms with Gasteiger partial charge in [0.1, 0.15) is 0 Å². The molecule has 4 fully saturated rings. The summed E-state index contributed by atoms with van der Waals surface area (Å²) in [6.07, 6.45) is 5.02. The van der Waals surface area contributed by atoms with Crippen LogP contribution in [-0.4, -0.2) is 38.5 Å². The summed E-state index contributed by atoms with van der Waals surface area (Å²) >= 11 is 0. The van der Waals surface area contributed by atoms with Gasteiger partial charge in [0.25, 0.3) is 0 Å². The minimum absolute atomic E-state index is 0.246. The summed E-state index contributed by atoms with van der Waals surface area (Å²) in [5.74, 6) is 1.01. The second kappa shape index (κ2) is 3.94. The minimum atomic E-state index is -0.483. The Balaban J connectivity index is 1.81. The molecule has 0 aromatic carbocycles. The molecular formula is C15H24O4. The summed E-state index contributed by atoms with van der Waals surface area (Å²) in [6, 6.07) is 0. The molecular weight excluding hydrogens is 244 g/mol. The smallest absolute Gasteiger partial charge is 0.179 e. The van der Waals surface area contributed by atoms with E-state index in [-0.39, 0.29) is 5.92 Å². The van der Waals surface area contributed by atoms with E-state index in [4.69, 9.17) is 18.9 Å². The monoisotopic (exact) mass is 268 g/mol. The van der Waals surface area contributed by atoms with Crippen LogP contribution in [0.4, 0.5) is 0 Å². The fourth-order valence-corrected chi connectivity index (χ4v) is 5.85. The molecule has 0 radical (unpaired) electrons. The van der Waals surface area contributed by atoms with Crippen molar-refractivity contribution in [2.75, 3.05) is 20.8 Å². The molecule has 3 aliphatic carbocycles. The van der Waals surface area contributed by atoms with Crippen molar-refractivity contribution in [3.05, 3.63) is 0 Å². The zero-order chi connectivity index (χ0) is 13.3. The number of hydrogen-bond acceptors (Lipinski definition) is 4. The third-order valence-electron chi connectivity index (χ3n) is 6.16. The minimum Gasteiger partial charge on any atom is -0.352 e. The highest BCUT2D eigenvalue weighted by atomic mass is 16.7. The highest BCUT2D eigenvalue weighted by Gasteiger charge is 2.80. The Morgan fingerprint density at radius 2 is 2.00 bits per heavy atom. The fourth-order valence-electron chi connectivity index (χ4n) is 5.85. The Labute approximate surface area is 114 Å². The van der Waals surface area contributed by atoms with Gasteiger partial charge in [-0.05, 0) is 25.7 Å². The second-order valence-corrected chi connectivity index (χ2v) is 6.49. The summed E-state index contributed by atoms with van der Waals surface area (Å²) < 4.78 is 24.3. The molecule has 19 heavy (non-hydrogen) atoms. The lowest BCUT2D eigenvalue weighted by atomic mass is 9.70. The molecule has 3 saturated carbocycles. The molecule has 2 bridgehead atoms. The Hall–Kier alpha value is -0.160. The van der Waals surface area contributed by atoms with Gasteiger partial charge in [-0.1, -0.05) is 6.42 Å². The van der Waals surface area contributed by atoms with Crippen molar-refractivity contribution in [2.24, 2.45) is 23.7 Å². The van der Waals surface area contributed by atoms with Gasteiger partial charge < -0.3 is 18.9 Å². The fraction of sp³-hybridized carbons (Fsp3) is 1.00. The molecule has 6 atom stereocenters. The molecule has 0 spiro atoms. The van der Waals surface area contributed by atoms with Gasteiger partial charge in [0.2, 0.25) is 0 Å². The van der Waals surface area contributed by atoms with E-state index in [1.807, 2.05) is 6.92 Å². The van der Waals surface area contributed by atoms with Gasteiger partial charge in [-0.2, -0.15) is 0 Å². The molecule has 0 unspecified atom stereocenters. The first kappa shape index (κ1) is 12.6. The van der Waals surface area contributed by atoms with E-state index in [2.05, 4.69) is 0 Å². The van der Waals surface area contributed by atoms with E-state index in [9.17, 15) is 0 Å². The Kier molecular flexibility index (Phi) is 2.61. The molecule has 4 heteroatoms. The van der Waals surface area contributed by atoms with Crippen LogP contribution in [0.3, 0.4) is 0 Å². The van der Waals surface area contributed by atoms with E-state index in [1.54, 1.807) is 14.2 Å². The highest BCUT2D eigenvalue weighted by Crippen LogP contribution is 2.72. The van der Waals surface area contributed by atoms with E-state index >= 15 is 0 Å². The topological polar surface area (TPSA) is 36.9 Å². The number of rotatable bonds is 4. The molecule has 4 rings (SSSR count). The number of ether oxygens (including phenoxy) is 4. The highest BCUT2D eigenvalue weighted by molar-refractivity contribution is 5.21. The summed E-state index contributed by atoms with van der Waals surface area (Å²) in [5.41, 5.74) is 0. The van der Waals surface area contributed by atoms with Gasteiger partial charge >= 0.3 is 0 Å². The SMILES string of the molecule is CCO[C@]12C[C@@H]3[C@@H]4CCC[C@H](O1)[C@@H]4[C@H]2C3(OC)OC. The van der Waals surface area contributed by atoms with Crippen molar-refractivity contribution in [3.8, 4) is 0 Å². The number of methoxy groups -OCH3 is 2. The lowest BCUT2D eigenvalue weighted by molar-refractivity contribution is -0.281. The lowest BCUT2D eigenvalue weighted by Crippen LogP contribution is -2.46. The van der Waals surface area contributed by atoms with Gasteiger partial charge in [-0.25, -0.2) is 0 Å². The van der Waals surface area contributed by atoms with Crippen LogP contribution in [0.2, 0.25) is 0 Å². The van der Waals surface area contributed by atoms with Crippen LogP contribution in [0.1, 0.15) is 32.6 Å². The molecule has 1 aliphatic heterocycles. The van der Waals surface area contributed by atoms with E-state index in [1.165, 1.54) is 19.3 Å². The lowest BCUT2D eigenvalue weighted by Gasteiger charge is -2.35. The van der Waals surface area contributed by atoms with Crippen LogP contribution in [0.25, 0.3) is 0 Å². The van der Waals surface area contributed by atoms with E-state index in [0.717, 1.165) is 6.42 Å². The van der Waals surface area contributed by atoms with Crippen molar-refractivity contribution in [1.29, 1.82) is 0 Å². The molecule has 1 saturated heterocycles. The predicted molar refractivity (Wildman–Crippen MR) is 68.4 cm³/mol. The first-order valence-corrected chi connectivity index (χ1v) is 7.64. The maximum atomic E-state index is 6.41. The Morgan fingerprint density at radius 3 is 2.68 bits per heavy atom. The summed E-state index contributed by atoms with van der Waals surface area (Å²) in [4.78, 5) is 0. The van der Waals surface area contributed by atoms with Crippen LogP contribution >= 0.6 is 0 Å². The van der Waals surface area contributed by atoms with Crippen LogP contribution in [-0.2, 0) is 18.9 Å². The van der Waals surface area contributed by atoms with Crippen LogP contribution in [0.15, 0.2) is 0 Å². The zero-order valence-electron chi connectivity index (χ0n) is 12.1. The Morgan fingerprint density at radius 1 is 1.21 bits per heavy atom. The first-order valence-electron chi connectivity index (χ1n) is 7.64. The van der Waals surface area contributed by atoms with Crippen LogP contribution in [0, 0.1) is 23.7 Å². The zero-order valence-corrected chi connectivity index (χ0v) is 12.1. The third kappa shape index (κ3) is 1.25. The quantitative estimate of drug-likeness (QED) is 0.732. The predicted octanol–water partition coefficient (Wildman–Crippen LogP) is 2.17. The molecule has 0 amide bonds. The normalized spacial score (nSPS) is 52.9. The molecule has 108 valence electrons. The number of hydrogen-bond donors (Lipinski definition) is 0. The van der Waals surface area contributed by atoms with Gasteiger partial charge in [0, 0.05) is 39.1 Å². The Bertz CT molecular complexity index is 380. The van der Waals surface area contributed by atoms with Crippen molar-refractivity contribution in [3.63, 3.8) is 0 Å². The van der Waals surface area contributed by atoms with Crippen molar-refractivity contribution >= 4 is 0 Å². The molecule has 4 aliphatic rings. The molecule has 0 N–H and O–H groups in total. The third-order valence-corrected chi connectivity index (χ3v) is 6.16. The second-order valence-electron chi connectivity index (χ2n) is 6.49. The molecule has 1 heterocycles. The van der Waals surface area contributed by atoms with Gasteiger partial charge in [0.15, 0.2) is 11.6 Å². The van der Waals surface area contributed by atoms with E-state index in [0.29, 0.717) is 30.5 Å². The van der Waals surface area contributed by atoms with Crippen molar-refractivity contribution < 1.29 is 18.9 Å². The molecule has 4 nitrogen and oxygen atoms in total. The largest absolute Gasteiger partial charge is 0.352 e. The standard InChI is InChI=1S/C15H24O4/c1-4-18-14-8-10-9-6-5-7-11(19-14)12(9)13(14)15(10,16-2)17-3/h9-13H,4-8H2,1-3H3/t9-,10+,11-,12+,13+,14+/m0/s1. The summed E-state index contributed by atoms with van der Waals surface area (Å²) in [5, 5.41) is 0. The molecule has 0 aromatic heterocycles. The number of fused-ring (bicyclic) bond motifs is 2. The van der Waals surface area contributed by atoms with Crippen molar-refractivity contribution in [2.45, 2.75) is 50.3 Å². The van der Waals surface area contributed by atoms with Gasteiger partial charge in [0.05, 0.1) is 12.0 Å². The average molecular weight is 268 g/mol. The van der Waals surface area contributed by atoms with E-state index < -0.39 is 11.6 Å².